The first-order chi connectivity index (χ1) is 10.8. The van der Waals surface area contributed by atoms with Gasteiger partial charge in [-0.05, 0) is 12.1 Å². The number of carbonyl (C=O) groups excluding carboxylic acids is 1. The van der Waals surface area contributed by atoms with Gasteiger partial charge in [-0.15, -0.1) is 13.2 Å². The zero-order chi connectivity index (χ0) is 17.0. The molecule has 122 valence electrons. The van der Waals surface area contributed by atoms with Crippen molar-refractivity contribution in [2.45, 2.75) is 19.3 Å². The molecule has 23 heavy (non-hydrogen) atoms. The van der Waals surface area contributed by atoms with E-state index in [9.17, 15) is 18.0 Å². The normalized spacial score (nSPS) is 12.5. The van der Waals surface area contributed by atoms with E-state index in [1.807, 2.05) is 0 Å². The van der Waals surface area contributed by atoms with Gasteiger partial charge in [0.05, 0.1) is 0 Å². The van der Waals surface area contributed by atoms with E-state index < -0.39 is 24.1 Å². The second-order valence-corrected chi connectivity index (χ2v) is 4.40. The molecule has 0 fully saturated rings. The van der Waals surface area contributed by atoms with Gasteiger partial charge in [0, 0.05) is 12.5 Å². The Morgan fingerprint density at radius 2 is 2.13 bits per heavy atom. The molecule has 0 spiro atoms. The fourth-order valence-corrected chi connectivity index (χ4v) is 1.85. The number of rotatable bonds is 5. The van der Waals surface area contributed by atoms with E-state index in [-0.39, 0.29) is 17.3 Å². The third kappa shape index (κ3) is 4.31. The van der Waals surface area contributed by atoms with Gasteiger partial charge >= 0.3 is 6.36 Å². The maximum Gasteiger partial charge on any atom is 0.573 e. The number of halogens is 3. The molecule has 1 heterocycles. The third-order valence-corrected chi connectivity index (χ3v) is 2.73. The molecule has 0 radical (unpaired) electrons. The number of aromatic nitrogens is 2. The molecule has 1 amide bonds. The number of hydrogen-bond donors (Lipinski definition) is 1. The van der Waals surface area contributed by atoms with Crippen molar-refractivity contribution >= 4 is 5.91 Å². The van der Waals surface area contributed by atoms with Gasteiger partial charge in [-0.1, -0.05) is 29.9 Å². The first kappa shape index (κ1) is 16.5. The van der Waals surface area contributed by atoms with Crippen LogP contribution in [0.25, 0.3) is 0 Å². The highest BCUT2D eigenvalue weighted by atomic mass is 19.4. The fraction of sp³-hybridized carbons (Fsp3) is 0.214. The summed E-state index contributed by atoms with van der Waals surface area (Å²) in [6.07, 6.45) is -3.90. The molecule has 0 unspecified atom stereocenters. The van der Waals surface area contributed by atoms with Crippen molar-refractivity contribution in [3.05, 3.63) is 54.2 Å². The molecule has 0 saturated heterocycles. The number of nitrogens with zero attached hydrogens (tertiary/aromatic N) is 2. The Morgan fingerprint density at radius 3 is 2.70 bits per heavy atom. The Morgan fingerprint density at radius 1 is 1.43 bits per heavy atom. The number of para-hydroxylation sites is 1. The maximum atomic E-state index is 12.5. The molecule has 0 aliphatic carbocycles. The van der Waals surface area contributed by atoms with Gasteiger partial charge in [0.15, 0.2) is 5.82 Å². The lowest BCUT2D eigenvalue weighted by Gasteiger charge is -2.19. The highest BCUT2D eigenvalue weighted by molar-refractivity contribution is 5.87. The number of ether oxygens (including phenoxy) is 1. The van der Waals surface area contributed by atoms with Crippen LogP contribution in [0.3, 0.4) is 0 Å². The summed E-state index contributed by atoms with van der Waals surface area (Å²) < 4.78 is 46.4. The molecule has 1 N–H and O–H groups in total. The van der Waals surface area contributed by atoms with Gasteiger partial charge in [-0.25, -0.2) is 0 Å². The number of hydrogen-bond acceptors (Lipinski definition) is 5. The number of alkyl halides is 3. The lowest BCUT2D eigenvalue weighted by Crippen LogP contribution is -2.29. The maximum absolute atomic E-state index is 12.5. The average molecular weight is 327 g/mol. The Balaban J connectivity index is 2.47. The predicted molar refractivity (Wildman–Crippen MR) is 72.3 cm³/mol. The minimum absolute atomic E-state index is 0.00377. The van der Waals surface area contributed by atoms with Crippen LogP contribution in [-0.4, -0.2) is 22.4 Å². The molecule has 0 saturated carbocycles. The predicted octanol–water partition coefficient (Wildman–Crippen LogP) is 2.67. The van der Waals surface area contributed by atoms with Crippen LogP contribution in [0.1, 0.15) is 23.3 Å². The number of nitrogens with one attached hydrogen (secondary N) is 1. The molecule has 0 bridgehead atoms. The van der Waals surface area contributed by atoms with E-state index in [1.165, 1.54) is 25.1 Å². The first-order valence-corrected chi connectivity index (χ1v) is 6.38. The standard InChI is InChI=1S/C14H12F3N3O3/c1-3-11(21)19-12(13-18-8(2)23-20-13)9-6-4-5-7-10(9)22-14(15,16)17/h3-7,12H,1H2,2H3,(H,19,21)/t12-/m0/s1. The lowest BCUT2D eigenvalue weighted by atomic mass is 10.0. The molecule has 1 aromatic heterocycles. The van der Waals surface area contributed by atoms with E-state index in [0.29, 0.717) is 0 Å². The van der Waals surface area contributed by atoms with Gasteiger partial charge in [0.1, 0.15) is 11.8 Å². The number of amides is 1. The Bertz CT molecular complexity index is 713. The van der Waals surface area contributed by atoms with Crippen molar-refractivity contribution in [1.29, 1.82) is 0 Å². The van der Waals surface area contributed by atoms with Crippen molar-refractivity contribution in [2.24, 2.45) is 0 Å². The zero-order valence-corrected chi connectivity index (χ0v) is 11.9. The number of aryl methyl sites for hydroxylation is 1. The van der Waals surface area contributed by atoms with E-state index in [0.717, 1.165) is 12.1 Å². The summed E-state index contributed by atoms with van der Waals surface area (Å²) in [4.78, 5) is 15.5. The Kier molecular flexibility index (Phi) is 4.68. The van der Waals surface area contributed by atoms with Gasteiger partial charge in [0.2, 0.25) is 11.8 Å². The average Bonchev–Trinajstić information content (AvgIpc) is 2.90. The Hall–Kier alpha value is -2.84. The van der Waals surface area contributed by atoms with Crippen molar-refractivity contribution in [3.8, 4) is 5.75 Å². The second-order valence-electron chi connectivity index (χ2n) is 4.40. The van der Waals surface area contributed by atoms with Crippen LogP contribution in [0, 0.1) is 6.92 Å². The summed E-state index contributed by atoms with van der Waals surface area (Å²) >= 11 is 0. The van der Waals surface area contributed by atoms with Crippen LogP contribution in [-0.2, 0) is 4.79 Å². The molecular weight excluding hydrogens is 315 g/mol. The minimum atomic E-state index is -4.88. The smallest absolute Gasteiger partial charge is 0.405 e. The summed E-state index contributed by atoms with van der Waals surface area (Å²) in [6.45, 7) is 4.82. The van der Waals surface area contributed by atoms with Crippen LogP contribution in [0.5, 0.6) is 5.75 Å². The minimum Gasteiger partial charge on any atom is -0.405 e. The van der Waals surface area contributed by atoms with Crippen LogP contribution >= 0.6 is 0 Å². The van der Waals surface area contributed by atoms with Crippen molar-refractivity contribution in [3.63, 3.8) is 0 Å². The quantitative estimate of drug-likeness (QED) is 0.854. The van der Waals surface area contributed by atoms with E-state index in [4.69, 9.17) is 4.52 Å². The summed E-state index contributed by atoms with van der Waals surface area (Å²) in [7, 11) is 0. The van der Waals surface area contributed by atoms with Crippen molar-refractivity contribution in [2.75, 3.05) is 0 Å². The zero-order valence-electron chi connectivity index (χ0n) is 11.9. The SMILES string of the molecule is C=CC(=O)N[C@H](c1noc(C)n1)c1ccccc1OC(F)(F)F. The van der Waals surface area contributed by atoms with E-state index in [2.05, 4.69) is 26.8 Å². The van der Waals surface area contributed by atoms with E-state index >= 15 is 0 Å². The summed E-state index contributed by atoms with van der Waals surface area (Å²) in [5.41, 5.74) is 0.0285. The highest BCUT2D eigenvalue weighted by Crippen LogP contribution is 2.32. The second kappa shape index (κ2) is 6.51. The molecule has 1 atom stereocenters. The summed E-state index contributed by atoms with van der Waals surface area (Å²) in [5.74, 6) is -0.890. The van der Waals surface area contributed by atoms with Gasteiger partial charge in [0.25, 0.3) is 0 Å². The molecule has 0 aliphatic rings. The fourth-order valence-electron chi connectivity index (χ4n) is 1.85. The lowest BCUT2D eigenvalue weighted by molar-refractivity contribution is -0.275. The Labute approximate surface area is 128 Å². The largest absolute Gasteiger partial charge is 0.573 e. The number of carbonyl (C=O) groups is 1. The molecule has 0 aliphatic heterocycles. The van der Waals surface area contributed by atoms with Crippen LogP contribution < -0.4 is 10.1 Å². The number of benzene rings is 1. The van der Waals surface area contributed by atoms with Crippen LogP contribution in [0.2, 0.25) is 0 Å². The first-order valence-electron chi connectivity index (χ1n) is 6.38. The molecule has 2 aromatic rings. The molecule has 2 rings (SSSR count). The molecule has 1 aromatic carbocycles. The van der Waals surface area contributed by atoms with Gasteiger partial charge in [-0.3, -0.25) is 4.79 Å². The summed E-state index contributed by atoms with van der Waals surface area (Å²) in [6, 6.07) is 4.28. The van der Waals surface area contributed by atoms with Crippen molar-refractivity contribution < 1.29 is 27.2 Å². The van der Waals surface area contributed by atoms with Crippen LogP contribution in [0.15, 0.2) is 41.4 Å². The molecule has 6 nitrogen and oxygen atoms in total. The molecule has 9 heteroatoms. The third-order valence-electron chi connectivity index (χ3n) is 2.73. The molecular formula is C14H12F3N3O3. The highest BCUT2D eigenvalue weighted by Gasteiger charge is 2.34. The van der Waals surface area contributed by atoms with Gasteiger partial charge in [-0.2, -0.15) is 4.98 Å². The summed E-state index contributed by atoms with van der Waals surface area (Å²) in [5, 5.41) is 6.09. The monoisotopic (exact) mass is 327 g/mol. The van der Waals surface area contributed by atoms with Crippen LogP contribution in [0.4, 0.5) is 13.2 Å². The van der Waals surface area contributed by atoms with Crippen molar-refractivity contribution in [1.82, 2.24) is 15.5 Å². The topological polar surface area (TPSA) is 77.3 Å². The van der Waals surface area contributed by atoms with Gasteiger partial charge < -0.3 is 14.6 Å². The van der Waals surface area contributed by atoms with E-state index in [1.54, 1.807) is 0 Å².